The molecule has 0 aliphatic carbocycles. The van der Waals surface area contributed by atoms with E-state index in [1.54, 1.807) is 42.1 Å². The van der Waals surface area contributed by atoms with E-state index in [1.807, 2.05) is 18.2 Å². The molecule has 1 aliphatic rings. The standard InChI is InChI=1S/C19H16ClN3O2S/c20-13-3-6-17-15(11-13)16(8-10-26-17)23-19(25)12-1-4-14(5-2-12)22-18(24)7-9-21/h1-6,11,16H,7-8,10H2,(H,22,24)(H,23,25)/t16-/m1/s1. The second kappa shape index (κ2) is 8.26. The smallest absolute Gasteiger partial charge is 0.251 e. The topological polar surface area (TPSA) is 82.0 Å². The number of hydrogen-bond donors (Lipinski definition) is 2. The summed E-state index contributed by atoms with van der Waals surface area (Å²) in [5.41, 5.74) is 2.10. The van der Waals surface area contributed by atoms with Crippen molar-refractivity contribution in [1.29, 1.82) is 5.26 Å². The number of halogens is 1. The fourth-order valence-corrected chi connectivity index (χ4v) is 4.02. The summed E-state index contributed by atoms with van der Waals surface area (Å²) in [7, 11) is 0. The highest BCUT2D eigenvalue weighted by molar-refractivity contribution is 7.99. The number of thioether (sulfide) groups is 1. The molecule has 0 unspecified atom stereocenters. The number of fused-ring (bicyclic) bond motifs is 1. The number of amides is 2. The van der Waals surface area contributed by atoms with Crippen LogP contribution in [0.25, 0.3) is 0 Å². The van der Waals surface area contributed by atoms with Crippen molar-refractivity contribution >= 4 is 40.9 Å². The number of nitriles is 1. The molecule has 2 aromatic rings. The summed E-state index contributed by atoms with van der Waals surface area (Å²) in [6.45, 7) is 0. The molecule has 0 saturated heterocycles. The summed E-state index contributed by atoms with van der Waals surface area (Å²) in [6, 6.07) is 14.0. The summed E-state index contributed by atoms with van der Waals surface area (Å²) < 4.78 is 0. The number of rotatable bonds is 4. The maximum absolute atomic E-state index is 12.6. The molecule has 132 valence electrons. The molecule has 0 radical (unpaired) electrons. The molecule has 0 spiro atoms. The summed E-state index contributed by atoms with van der Waals surface area (Å²) >= 11 is 7.86. The molecule has 2 N–H and O–H groups in total. The number of anilines is 1. The molecular weight excluding hydrogens is 370 g/mol. The zero-order chi connectivity index (χ0) is 18.5. The Morgan fingerprint density at radius 2 is 2.00 bits per heavy atom. The molecule has 1 heterocycles. The minimum Gasteiger partial charge on any atom is -0.345 e. The van der Waals surface area contributed by atoms with Crippen LogP contribution in [0, 0.1) is 11.3 Å². The van der Waals surface area contributed by atoms with Crippen LogP contribution >= 0.6 is 23.4 Å². The lowest BCUT2D eigenvalue weighted by Crippen LogP contribution is -2.30. The summed E-state index contributed by atoms with van der Waals surface area (Å²) in [5.74, 6) is 0.379. The quantitative estimate of drug-likeness (QED) is 0.827. The number of nitrogens with one attached hydrogen (secondary N) is 2. The molecule has 0 aromatic heterocycles. The van der Waals surface area contributed by atoms with Gasteiger partial charge in [-0.15, -0.1) is 11.8 Å². The molecule has 0 saturated carbocycles. The third-order valence-corrected chi connectivity index (χ3v) is 5.34. The Morgan fingerprint density at radius 3 is 2.73 bits per heavy atom. The van der Waals surface area contributed by atoms with Crippen LogP contribution in [0.15, 0.2) is 47.4 Å². The highest BCUT2D eigenvalue weighted by Gasteiger charge is 2.23. The van der Waals surface area contributed by atoms with Gasteiger partial charge in [-0.2, -0.15) is 5.26 Å². The van der Waals surface area contributed by atoms with E-state index in [0.717, 1.165) is 22.6 Å². The zero-order valence-electron chi connectivity index (χ0n) is 13.8. The van der Waals surface area contributed by atoms with Crippen LogP contribution in [-0.2, 0) is 4.79 Å². The molecule has 7 heteroatoms. The minimum atomic E-state index is -0.377. The van der Waals surface area contributed by atoms with Gasteiger partial charge in [0.15, 0.2) is 0 Å². The first-order valence-electron chi connectivity index (χ1n) is 8.07. The molecule has 1 aliphatic heterocycles. The fraction of sp³-hybridized carbons (Fsp3) is 0.211. The lowest BCUT2D eigenvalue weighted by Gasteiger charge is -2.26. The highest BCUT2D eigenvalue weighted by atomic mass is 35.5. The summed E-state index contributed by atoms with van der Waals surface area (Å²) in [6.07, 6.45) is 0.635. The van der Waals surface area contributed by atoms with Crippen molar-refractivity contribution in [2.24, 2.45) is 0 Å². The van der Waals surface area contributed by atoms with Gasteiger partial charge in [0.2, 0.25) is 5.91 Å². The van der Waals surface area contributed by atoms with Gasteiger partial charge in [-0.05, 0) is 54.4 Å². The molecule has 5 nitrogen and oxygen atoms in total. The number of benzene rings is 2. The Morgan fingerprint density at radius 1 is 1.23 bits per heavy atom. The maximum Gasteiger partial charge on any atom is 0.251 e. The second-order valence-corrected chi connectivity index (χ2v) is 7.38. The molecule has 3 rings (SSSR count). The molecule has 2 aromatic carbocycles. The Labute approximate surface area is 160 Å². The SMILES string of the molecule is N#CCC(=O)Nc1ccc(C(=O)N[C@@H]2CCSc3ccc(Cl)cc32)cc1. The van der Waals surface area contributed by atoms with Crippen molar-refractivity contribution in [3.05, 3.63) is 58.6 Å². The van der Waals surface area contributed by atoms with E-state index in [4.69, 9.17) is 16.9 Å². The monoisotopic (exact) mass is 385 g/mol. The molecular formula is C19H16ClN3O2S. The van der Waals surface area contributed by atoms with E-state index in [2.05, 4.69) is 10.6 Å². The first-order chi connectivity index (χ1) is 12.6. The molecule has 2 amide bonds. The lowest BCUT2D eigenvalue weighted by molar-refractivity contribution is -0.115. The zero-order valence-corrected chi connectivity index (χ0v) is 15.4. The van der Waals surface area contributed by atoms with Crippen LogP contribution in [0.3, 0.4) is 0 Å². The van der Waals surface area contributed by atoms with E-state index in [1.165, 1.54) is 0 Å². The second-order valence-electron chi connectivity index (χ2n) is 5.81. The maximum atomic E-state index is 12.6. The number of hydrogen-bond acceptors (Lipinski definition) is 4. The van der Waals surface area contributed by atoms with E-state index in [0.29, 0.717) is 16.3 Å². The highest BCUT2D eigenvalue weighted by Crippen LogP contribution is 2.37. The normalized spacial score (nSPS) is 15.5. The van der Waals surface area contributed by atoms with Gasteiger partial charge in [-0.1, -0.05) is 11.6 Å². The van der Waals surface area contributed by atoms with Crippen LogP contribution in [0.5, 0.6) is 0 Å². The third kappa shape index (κ3) is 4.37. The first-order valence-corrected chi connectivity index (χ1v) is 9.43. The van der Waals surface area contributed by atoms with Gasteiger partial charge in [-0.3, -0.25) is 9.59 Å². The molecule has 0 fully saturated rings. The van der Waals surface area contributed by atoms with Crippen molar-refractivity contribution < 1.29 is 9.59 Å². The predicted molar refractivity (Wildman–Crippen MR) is 102 cm³/mol. The van der Waals surface area contributed by atoms with Gasteiger partial charge in [0.05, 0.1) is 12.1 Å². The molecule has 1 atom stereocenters. The van der Waals surface area contributed by atoms with Gasteiger partial charge in [0.1, 0.15) is 6.42 Å². The van der Waals surface area contributed by atoms with Crippen molar-refractivity contribution in [3.63, 3.8) is 0 Å². The largest absolute Gasteiger partial charge is 0.345 e. The average Bonchev–Trinajstić information content (AvgIpc) is 2.63. The van der Waals surface area contributed by atoms with Crippen LogP contribution in [0.1, 0.15) is 34.8 Å². The van der Waals surface area contributed by atoms with Crippen LogP contribution in [0.2, 0.25) is 5.02 Å². The van der Waals surface area contributed by atoms with Gasteiger partial charge in [-0.25, -0.2) is 0 Å². The van der Waals surface area contributed by atoms with Crippen LogP contribution < -0.4 is 10.6 Å². The third-order valence-electron chi connectivity index (χ3n) is 3.99. The average molecular weight is 386 g/mol. The van der Waals surface area contributed by atoms with Crippen LogP contribution in [0.4, 0.5) is 5.69 Å². The van der Waals surface area contributed by atoms with E-state index in [9.17, 15) is 9.59 Å². The van der Waals surface area contributed by atoms with Crippen molar-refractivity contribution in [2.75, 3.05) is 11.1 Å². The fourth-order valence-electron chi connectivity index (χ4n) is 2.74. The van der Waals surface area contributed by atoms with Crippen LogP contribution in [-0.4, -0.2) is 17.6 Å². The van der Waals surface area contributed by atoms with E-state index in [-0.39, 0.29) is 24.3 Å². The summed E-state index contributed by atoms with van der Waals surface area (Å²) in [4.78, 5) is 25.1. The summed E-state index contributed by atoms with van der Waals surface area (Å²) in [5, 5.41) is 14.8. The number of carbonyl (C=O) groups excluding carboxylic acids is 2. The van der Waals surface area contributed by atoms with E-state index >= 15 is 0 Å². The molecule has 26 heavy (non-hydrogen) atoms. The number of nitrogens with zero attached hydrogens (tertiary/aromatic N) is 1. The minimum absolute atomic E-state index is 0.0764. The van der Waals surface area contributed by atoms with Gasteiger partial charge in [0, 0.05) is 26.9 Å². The van der Waals surface area contributed by atoms with E-state index < -0.39 is 0 Å². The molecule has 0 bridgehead atoms. The van der Waals surface area contributed by atoms with Crippen molar-refractivity contribution in [3.8, 4) is 6.07 Å². The van der Waals surface area contributed by atoms with Gasteiger partial charge in [0.25, 0.3) is 5.91 Å². The van der Waals surface area contributed by atoms with Gasteiger partial charge < -0.3 is 10.6 Å². The predicted octanol–water partition coefficient (Wildman–Crippen LogP) is 4.16. The Bertz CT molecular complexity index is 877. The van der Waals surface area contributed by atoms with Crippen molar-refractivity contribution in [1.82, 2.24) is 5.32 Å². The number of carbonyl (C=O) groups is 2. The lowest BCUT2D eigenvalue weighted by atomic mass is 10.0. The Kier molecular flexibility index (Phi) is 5.82. The van der Waals surface area contributed by atoms with Crippen molar-refractivity contribution in [2.45, 2.75) is 23.8 Å². The Balaban J connectivity index is 1.69. The Hall–Kier alpha value is -2.49. The first kappa shape index (κ1) is 18.3. The van der Waals surface area contributed by atoms with Gasteiger partial charge >= 0.3 is 0 Å².